The van der Waals surface area contributed by atoms with E-state index < -0.39 is 11.6 Å². The van der Waals surface area contributed by atoms with Gasteiger partial charge >= 0.3 is 0 Å². The minimum Gasteiger partial charge on any atom is -0.389 e. The normalized spacial score (nSPS) is 13.1. The van der Waals surface area contributed by atoms with Crippen LogP contribution in [0.1, 0.15) is 25.8 Å². The highest BCUT2D eigenvalue weighted by Gasteiger charge is 2.21. The Morgan fingerprint density at radius 3 is 2.76 bits per heavy atom. The molecule has 0 aromatic heterocycles. The van der Waals surface area contributed by atoms with Gasteiger partial charge in [-0.15, -0.1) is 0 Å². The second-order valence-electron chi connectivity index (χ2n) is 5.67. The Bertz CT molecular complexity index is 466. The number of rotatable bonds is 9. The van der Waals surface area contributed by atoms with Crippen molar-refractivity contribution in [3.05, 3.63) is 34.9 Å². The number of amides is 1. The minimum absolute atomic E-state index is 0.185. The summed E-state index contributed by atoms with van der Waals surface area (Å²) in [5.41, 5.74) is 5.60. The van der Waals surface area contributed by atoms with E-state index in [2.05, 4.69) is 5.32 Å². The van der Waals surface area contributed by atoms with Gasteiger partial charge in [-0.2, -0.15) is 0 Å². The Morgan fingerprint density at radius 1 is 1.48 bits per heavy atom. The summed E-state index contributed by atoms with van der Waals surface area (Å²) in [5.74, 6) is -0.378. The number of halogens is 1. The fraction of sp³-hybridized carbons (Fsp3) is 0.533. The zero-order chi connectivity index (χ0) is 15.9. The van der Waals surface area contributed by atoms with E-state index in [9.17, 15) is 9.90 Å². The van der Waals surface area contributed by atoms with Crippen LogP contribution in [-0.4, -0.2) is 35.8 Å². The largest absolute Gasteiger partial charge is 0.389 e. The molecule has 118 valence electrons. The molecule has 1 rings (SSSR count). The van der Waals surface area contributed by atoms with Gasteiger partial charge < -0.3 is 20.9 Å². The molecule has 1 aromatic carbocycles. The third-order valence-corrected chi connectivity index (χ3v) is 3.33. The molecule has 1 atom stereocenters. The molecule has 6 heteroatoms. The summed E-state index contributed by atoms with van der Waals surface area (Å²) in [6.07, 6.45) is -0.458. The number of hydrogen-bond donors (Lipinski definition) is 3. The predicted molar refractivity (Wildman–Crippen MR) is 83.0 cm³/mol. The zero-order valence-corrected chi connectivity index (χ0v) is 13.2. The van der Waals surface area contributed by atoms with Crippen molar-refractivity contribution >= 4 is 17.5 Å². The van der Waals surface area contributed by atoms with E-state index in [0.29, 0.717) is 18.2 Å². The van der Waals surface area contributed by atoms with Crippen LogP contribution in [0.25, 0.3) is 0 Å². The number of nitrogens with two attached hydrogens (primary N) is 1. The summed E-state index contributed by atoms with van der Waals surface area (Å²) in [4.78, 5) is 10.9. The molecule has 5 nitrogen and oxygen atoms in total. The van der Waals surface area contributed by atoms with E-state index in [1.54, 1.807) is 6.07 Å². The molecule has 0 radical (unpaired) electrons. The van der Waals surface area contributed by atoms with Crippen molar-refractivity contribution < 1.29 is 14.6 Å². The molecule has 0 spiro atoms. The quantitative estimate of drug-likeness (QED) is 0.644. The minimum atomic E-state index is -0.667. The van der Waals surface area contributed by atoms with E-state index in [1.165, 1.54) is 0 Å². The smallest absolute Gasteiger partial charge is 0.219 e. The highest BCUT2D eigenvalue weighted by molar-refractivity contribution is 6.31. The topological polar surface area (TPSA) is 84.6 Å². The number of aliphatic hydroxyl groups is 1. The van der Waals surface area contributed by atoms with Gasteiger partial charge in [0.2, 0.25) is 5.91 Å². The van der Waals surface area contributed by atoms with Crippen LogP contribution in [0.5, 0.6) is 0 Å². The molecule has 0 fully saturated rings. The van der Waals surface area contributed by atoms with Crippen LogP contribution in [-0.2, 0) is 16.1 Å². The first-order valence-electron chi connectivity index (χ1n) is 6.83. The molecule has 0 heterocycles. The Labute approximate surface area is 130 Å². The number of benzene rings is 1. The number of primary amides is 1. The van der Waals surface area contributed by atoms with Crippen molar-refractivity contribution in [1.82, 2.24) is 5.32 Å². The van der Waals surface area contributed by atoms with Crippen molar-refractivity contribution in [2.45, 2.75) is 38.5 Å². The van der Waals surface area contributed by atoms with Crippen LogP contribution in [0.4, 0.5) is 0 Å². The fourth-order valence-electron chi connectivity index (χ4n) is 1.87. The van der Waals surface area contributed by atoms with E-state index in [4.69, 9.17) is 22.1 Å². The average Bonchev–Trinajstić information content (AvgIpc) is 2.37. The monoisotopic (exact) mass is 314 g/mol. The molecule has 0 saturated heterocycles. The average molecular weight is 315 g/mol. The van der Waals surface area contributed by atoms with Gasteiger partial charge in [0.15, 0.2) is 0 Å². The predicted octanol–water partition coefficient (Wildman–Crippen LogP) is 1.46. The summed E-state index contributed by atoms with van der Waals surface area (Å²) >= 11 is 6.01. The highest BCUT2D eigenvalue weighted by atomic mass is 35.5. The molecule has 4 N–H and O–H groups in total. The van der Waals surface area contributed by atoms with Gasteiger partial charge in [-0.1, -0.05) is 29.8 Å². The summed E-state index contributed by atoms with van der Waals surface area (Å²) in [6, 6.07) is 7.41. The molecule has 0 bridgehead atoms. The van der Waals surface area contributed by atoms with Crippen LogP contribution in [0, 0.1) is 0 Å². The molecule has 1 amide bonds. The fourth-order valence-corrected chi connectivity index (χ4v) is 2.06. The number of β-amino-alcohol motifs (C(OH)–C–C–N with tert-alkyl or cyclic N) is 1. The van der Waals surface area contributed by atoms with Crippen molar-refractivity contribution in [1.29, 1.82) is 0 Å². The summed E-state index contributed by atoms with van der Waals surface area (Å²) in [6.45, 7) is 4.57. The molecule has 0 aliphatic rings. The SMILES string of the molecule is CC(C)(CC(N)=O)NCC(O)COCc1ccccc1Cl. The lowest BCUT2D eigenvalue weighted by molar-refractivity contribution is -0.119. The van der Waals surface area contributed by atoms with Crippen LogP contribution >= 0.6 is 11.6 Å². The Morgan fingerprint density at radius 2 is 2.14 bits per heavy atom. The van der Waals surface area contributed by atoms with E-state index >= 15 is 0 Å². The molecular formula is C15H23ClN2O3. The van der Waals surface area contributed by atoms with Gasteiger partial charge in [-0.05, 0) is 25.5 Å². The maximum atomic E-state index is 10.9. The summed E-state index contributed by atoms with van der Waals surface area (Å²) in [5, 5.41) is 13.6. The Kier molecular flexibility index (Phi) is 7.11. The van der Waals surface area contributed by atoms with Gasteiger partial charge in [-0.25, -0.2) is 0 Å². The lowest BCUT2D eigenvalue weighted by Gasteiger charge is -2.26. The zero-order valence-electron chi connectivity index (χ0n) is 12.4. The van der Waals surface area contributed by atoms with Gasteiger partial charge in [0.1, 0.15) is 0 Å². The van der Waals surface area contributed by atoms with Crippen molar-refractivity contribution in [3.63, 3.8) is 0 Å². The number of hydrogen-bond acceptors (Lipinski definition) is 4. The van der Waals surface area contributed by atoms with Crippen LogP contribution < -0.4 is 11.1 Å². The van der Waals surface area contributed by atoms with Crippen LogP contribution in [0.15, 0.2) is 24.3 Å². The molecule has 21 heavy (non-hydrogen) atoms. The molecular weight excluding hydrogens is 292 g/mol. The van der Waals surface area contributed by atoms with Gasteiger partial charge in [0.05, 0.1) is 19.3 Å². The first-order valence-corrected chi connectivity index (χ1v) is 7.20. The maximum Gasteiger partial charge on any atom is 0.219 e. The van der Waals surface area contributed by atoms with Crippen molar-refractivity contribution in [2.24, 2.45) is 5.73 Å². The first kappa shape index (κ1) is 17.9. The second kappa shape index (κ2) is 8.34. The third kappa shape index (κ3) is 7.43. The van der Waals surface area contributed by atoms with Gasteiger partial charge in [0, 0.05) is 23.5 Å². The van der Waals surface area contributed by atoms with Crippen molar-refractivity contribution in [3.8, 4) is 0 Å². The van der Waals surface area contributed by atoms with E-state index in [-0.39, 0.29) is 18.9 Å². The lowest BCUT2D eigenvalue weighted by atomic mass is 10.0. The van der Waals surface area contributed by atoms with Crippen LogP contribution in [0.3, 0.4) is 0 Å². The number of ether oxygens (including phenoxy) is 1. The summed E-state index contributed by atoms with van der Waals surface area (Å²) < 4.78 is 5.44. The number of aliphatic hydroxyl groups excluding tert-OH is 1. The Hall–Kier alpha value is -1.14. The number of carbonyl (C=O) groups excluding carboxylic acids is 1. The van der Waals surface area contributed by atoms with Gasteiger partial charge in [0.25, 0.3) is 0 Å². The highest BCUT2D eigenvalue weighted by Crippen LogP contribution is 2.15. The molecule has 0 saturated carbocycles. The first-order chi connectivity index (χ1) is 9.80. The number of nitrogens with one attached hydrogen (secondary N) is 1. The third-order valence-electron chi connectivity index (χ3n) is 2.96. The van der Waals surface area contributed by atoms with E-state index in [1.807, 2.05) is 32.0 Å². The Balaban J connectivity index is 2.27. The standard InChI is InChI=1S/C15H23ClN2O3/c1-15(2,7-14(17)20)18-8-12(19)10-21-9-11-5-3-4-6-13(11)16/h3-6,12,18-19H,7-10H2,1-2H3,(H2,17,20). The number of carbonyl (C=O) groups is 1. The maximum absolute atomic E-state index is 10.9. The van der Waals surface area contributed by atoms with Crippen molar-refractivity contribution in [2.75, 3.05) is 13.2 Å². The molecule has 0 aliphatic carbocycles. The van der Waals surface area contributed by atoms with Crippen LogP contribution in [0.2, 0.25) is 5.02 Å². The lowest BCUT2D eigenvalue weighted by Crippen LogP contribution is -2.46. The van der Waals surface area contributed by atoms with E-state index in [0.717, 1.165) is 5.56 Å². The second-order valence-corrected chi connectivity index (χ2v) is 6.08. The van der Waals surface area contributed by atoms with Gasteiger partial charge in [-0.3, -0.25) is 4.79 Å². The summed E-state index contributed by atoms with van der Waals surface area (Å²) in [7, 11) is 0. The molecule has 1 aromatic rings. The molecule has 1 unspecified atom stereocenters. The molecule has 0 aliphatic heterocycles.